The molecule has 1 saturated heterocycles. The van der Waals surface area contributed by atoms with Crippen LogP contribution in [0.5, 0.6) is 0 Å². The first kappa shape index (κ1) is 14.3. The molecule has 0 amide bonds. The van der Waals surface area contributed by atoms with Gasteiger partial charge in [0.25, 0.3) is 0 Å². The number of benzene rings is 1. The molecule has 1 aromatic carbocycles. The Hall–Kier alpha value is -1.63. The van der Waals surface area contributed by atoms with Crippen molar-refractivity contribution in [1.29, 1.82) is 0 Å². The Morgan fingerprint density at radius 2 is 2.14 bits per heavy atom. The standard InChI is InChI=1S/C15H18N4OS/c16-19-13-9-14(21-10-12-7-4-8-20-12)18-15(17-13)11-5-2-1-3-6-11/h1-3,5-6,9,12H,4,7-8,10,16H2,(H,17,18,19). The number of hydrogen-bond donors (Lipinski definition) is 2. The third-order valence-corrected chi connectivity index (χ3v) is 4.37. The number of nitrogen functional groups attached to an aromatic ring is 1. The van der Waals surface area contributed by atoms with E-state index in [0.717, 1.165) is 35.8 Å². The average molecular weight is 302 g/mol. The SMILES string of the molecule is NNc1cc(SCC2CCCO2)nc(-c2ccccc2)n1. The molecular weight excluding hydrogens is 284 g/mol. The minimum absolute atomic E-state index is 0.333. The van der Waals surface area contributed by atoms with Gasteiger partial charge in [0.2, 0.25) is 0 Å². The van der Waals surface area contributed by atoms with Gasteiger partial charge in [-0.1, -0.05) is 30.3 Å². The van der Waals surface area contributed by atoms with Crippen LogP contribution in [0, 0.1) is 0 Å². The van der Waals surface area contributed by atoms with Gasteiger partial charge in [-0.25, -0.2) is 15.8 Å². The third-order valence-electron chi connectivity index (χ3n) is 3.32. The predicted molar refractivity (Wildman–Crippen MR) is 85.0 cm³/mol. The number of nitrogens with zero attached hydrogens (tertiary/aromatic N) is 2. The largest absolute Gasteiger partial charge is 0.377 e. The lowest BCUT2D eigenvalue weighted by atomic mass is 10.2. The van der Waals surface area contributed by atoms with Crippen molar-refractivity contribution >= 4 is 17.6 Å². The van der Waals surface area contributed by atoms with Crippen LogP contribution in [0.4, 0.5) is 5.82 Å². The summed E-state index contributed by atoms with van der Waals surface area (Å²) in [6.07, 6.45) is 2.62. The van der Waals surface area contributed by atoms with Crippen LogP contribution in [-0.2, 0) is 4.74 Å². The molecule has 3 N–H and O–H groups in total. The first-order chi connectivity index (χ1) is 10.3. The fourth-order valence-corrected chi connectivity index (χ4v) is 3.21. The minimum atomic E-state index is 0.333. The van der Waals surface area contributed by atoms with E-state index in [9.17, 15) is 0 Å². The number of ether oxygens (including phenoxy) is 1. The van der Waals surface area contributed by atoms with E-state index >= 15 is 0 Å². The van der Waals surface area contributed by atoms with E-state index in [0.29, 0.717) is 17.7 Å². The molecule has 2 aromatic rings. The highest BCUT2D eigenvalue weighted by Crippen LogP contribution is 2.26. The van der Waals surface area contributed by atoms with E-state index in [-0.39, 0.29) is 0 Å². The summed E-state index contributed by atoms with van der Waals surface area (Å²) in [6.45, 7) is 0.875. The monoisotopic (exact) mass is 302 g/mol. The predicted octanol–water partition coefficient (Wildman–Crippen LogP) is 2.70. The average Bonchev–Trinajstić information content (AvgIpc) is 3.07. The summed E-state index contributed by atoms with van der Waals surface area (Å²) in [4.78, 5) is 9.02. The fourth-order valence-electron chi connectivity index (χ4n) is 2.24. The Labute approximate surface area is 128 Å². The summed E-state index contributed by atoms with van der Waals surface area (Å²) in [6, 6.07) is 11.8. The highest BCUT2D eigenvalue weighted by atomic mass is 32.2. The van der Waals surface area contributed by atoms with Crippen molar-refractivity contribution in [2.75, 3.05) is 17.8 Å². The molecule has 6 heteroatoms. The number of nitrogens with one attached hydrogen (secondary N) is 1. The zero-order valence-corrected chi connectivity index (χ0v) is 12.5. The quantitative estimate of drug-likeness (QED) is 0.383. The van der Waals surface area contributed by atoms with Crippen molar-refractivity contribution in [2.24, 2.45) is 5.84 Å². The lowest BCUT2D eigenvalue weighted by Gasteiger charge is -2.10. The summed E-state index contributed by atoms with van der Waals surface area (Å²) >= 11 is 1.68. The van der Waals surface area contributed by atoms with Gasteiger partial charge in [-0.2, -0.15) is 0 Å². The summed E-state index contributed by atoms with van der Waals surface area (Å²) in [5, 5.41) is 0.910. The van der Waals surface area contributed by atoms with Crippen molar-refractivity contribution < 1.29 is 4.74 Å². The number of aromatic nitrogens is 2. The molecule has 0 aliphatic carbocycles. The van der Waals surface area contributed by atoms with Crippen LogP contribution in [0.2, 0.25) is 0 Å². The lowest BCUT2D eigenvalue weighted by Crippen LogP contribution is -2.11. The zero-order valence-electron chi connectivity index (χ0n) is 11.7. The topological polar surface area (TPSA) is 73.1 Å². The molecule has 1 fully saturated rings. The number of rotatable bonds is 5. The van der Waals surface area contributed by atoms with Crippen LogP contribution in [0.15, 0.2) is 41.4 Å². The molecule has 110 valence electrons. The minimum Gasteiger partial charge on any atom is -0.377 e. The van der Waals surface area contributed by atoms with E-state index in [4.69, 9.17) is 10.6 Å². The number of anilines is 1. The van der Waals surface area contributed by atoms with Gasteiger partial charge < -0.3 is 10.2 Å². The fraction of sp³-hybridized carbons (Fsp3) is 0.333. The normalized spacial score (nSPS) is 17.9. The van der Waals surface area contributed by atoms with Crippen molar-refractivity contribution in [3.8, 4) is 11.4 Å². The van der Waals surface area contributed by atoms with Crippen molar-refractivity contribution in [1.82, 2.24) is 9.97 Å². The molecule has 1 aromatic heterocycles. The van der Waals surface area contributed by atoms with E-state index in [1.54, 1.807) is 11.8 Å². The van der Waals surface area contributed by atoms with Gasteiger partial charge in [0.05, 0.1) is 6.10 Å². The van der Waals surface area contributed by atoms with E-state index < -0.39 is 0 Å². The van der Waals surface area contributed by atoms with E-state index in [1.165, 1.54) is 0 Å². The summed E-state index contributed by atoms with van der Waals surface area (Å²) in [7, 11) is 0. The van der Waals surface area contributed by atoms with Gasteiger partial charge in [0.15, 0.2) is 5.82 Å². The molecule has 1 aliphatic heterocycles. The molecule has 1 unspecified atom stereocenters. The van der Waals surface area contributed by atoms with Gasteiger partial charge in [-0.05, 0) is 12.8 Å². The molecule has 1 aliphatic rings. The van der Waals surface area contributed by atoms with Gasteiger partial charge in [-0.3, -0.25) is 0 Å². The molecule has 1 atom stereocenters. The third kappa shape index (κ3) is 3.72. The van der Waals surface area contributed by atoms with Crippen molar-refractivity contribution in [3.05, 3.63) is 36.4 Å². The molecular formula is C15H18N4OS. The van der Waals surface area contributed by atoms with Crippen LogP contribution in [0.25, 0.3) is 11.4 Å². The molecule has 0 saturated carbocycles. The number of hydrazine groups is 1. The smallest absolute Gasteiger partial charge is 0.162 e. The highest BCUT2D eigenvalue weighted by molar-refractivity contribution is 7.99. The molecule has 2 heterocycles. The molecule has 3 rings (SSSR count). The van der Waals surface area contributed by atoms with Crippen LogP contribution in [-0.4, -0.2) is 28.4 Å². The number of thioether (sulfide) groups is 1. The Bertz CT molecular complexity index is 587. The maximum absolute atomic E-state index is 5.64. The van der Waals surface area contributed by atoms with Crippen LogP contribution in [0.3, 0.4) is 0 Å². The van der Waals surface area contributed by atoms with Crippen molar-refractivity contribution in [2.45, 2.75) is 24.0 Å². The second kappa shape index (κ2) is 6.89. The summed E-state index contributed by atoms with van der Waals surface area (Å²) in [5.41, 5.74) is 3.59. The maximum Gasteiger partial charge on any atom is 0.162 e. The second-order valence-electron chi connectivity index (χ2n) is 4.87. The van der Waals surface area contributed by atoms with Gasteiger partial charge in [0, 0.05) is 24.0 Å². The highest BCUT2D eigenvalue weighted by Gasteiger charge is 2.16. The molecule has 0 spiro atoms. The Morgan fingerprint density at radius 3 is 2.86 bits per heavy atom. The van der Waals surface area contributed by atoms with E-state index in [2.05, 4.69) is 15.4 Å². The molecule has 0 radical (unpaired) electrons. The second-order valence-corrected chi connectivity index (χ2v) is 5.91. The first-order valence-electron chi connectivity index (χ1n) is 7.00. The van der Waals surface area contributed by atoms with E-state index in [1.807, 2.05) is 36.4 Å². The van der Waals surface area contributed by atoms with Crippen LogP contribution < -0.4 is 11.3 Å². The maximum atomic E-state index is 5.64. The lowest BCUT2D eigenvalue weighted by molar-refractivity contribution is 0.129. The number of hydrogen-bond acceptors (Lipinski definition) is 6. The first-order valence-corrected chi connectivity index (χ1v) is 7.99. The van der Waals surface area contributed by atoms with Gasteiger partial charge in [0.1, 0.15) is 10.8 Å². The van der Waals surface area contributed by atoms with Gasteiger partial charge >= 0.3 is 0 Å². The van der Waals surface area contributed by atoms with Crippen LogP contribution >= 0.6 is 11.8 Å². The van der Waals surface area contributed by atoms with Crippen molar-refractivity contribution in [3.63, 3.8) is 0 Å². The molecule has 0 bridgehead atoms. The summed E-state index contributed by atoms with van der Waals surface area (Å²) in [5.74, 6) is 7.73. The molecule has 21 heavy (non-hydrogen) atoms. The Morgan fingerprint density at radius 1 is 1.29 bits per heavy atom. The zero-order chi connectivity index (χ0) is 14.5. The number of nitrogens with two attached hydrogens (primary N) is 1. The Balaban J connectivity index is 1.79. The molecule has 5 nitrogen and oxygen atoms in total. The van der Waals surface area contributed by atoms with Gasteiger partial charge in [-0.15, -0.1) is 11.8 Å². The van der Waals surface area contributed by atoms with Crippen LogP contribution in [0.1, 0.15) is 12.8 Å². The summed E-state index contributed by atoms with van der Waals surface area (Å²) < 4.78 is 5.64. The Kier molecular flexibility index (Phi) is 4.69.